The molecule has 0 bridgehead atoms. The van der Waals surface area contributed by atoms with Gasteiger partial charge in [0.15, 0.2) is 0 Å². The van der Waals surface area contributed by atoms with E-state index >= 15 is 0 Å². The van der Waals surface area contributed by atoms with Gasteiger partial charge in [0.2, 0.25) is 0 Å². The molecule has 21 heavy (non-hydrogen) atoms. The maximum absolute atomic E-state index is 6.18. The molecule has 116 valence electrons. The Hall–Kier alpha value is -1.61. The van der Waals surface area contributed by atoms with Gasteiger partial charge in [0.1, 0.15) is 0 Å². The lowest BCUT2D eigenvalue weighted by Gasteiger charge is -2.19. The molecule has 0 amide bonds. The standard InChI is InChI=1S/C17H26ClN3/c1-10(2)16(19)11(3)12(4)17(20)21-13(5)14-6-8-15(18)9-7-14/h6-10,13,21H,19-20H2,1-5H3/b16-11-,17-12+. The number of hydrogen-bond acceptors (Lipinski definition) is 3. The molecule has 0 aliphatic rings. The Labute approximate surface area is 133 Å². The first-order chi connectivity index (χ1) is 9.73. The Morgan fingerprint density at radius 2 is 1.52 bits per heavy atom. The molecule has 1 rings (SSSR count). The van der Waals surface area contributed by atoms with E-state index in [0.717, 1.165) is 27.4 Å². The minimum absolute atomic E-state index is 0.102. The molecule has 5 N–H and O–H groups in total. The minimum atomic E-state index is 0.102. The van der Waals surface area contributed by atoms with E-state index in [1.54, 1.807) is 0 Å². The van der Waals surface area contributed by atoms with Gasteiger partial charge in [0.05, 0.1) is 5.82 Å². The molecule has 0 fully saturated rings. The number of rotatable bonds is 5. The molecule has 3 nitrogen and oxygen atoms in total. The average molecular weight is 308 g/mol. The summed E-state index contributed by atoms with van der Waals surface area (Å²) in [6, 6.07) is 7.85. The van der Waals surface area contributed by atoms with E-state index in [2.05, 4.69) is 26.1 Å². The van der Waals surface area contributed by atoms with Crippen LogP contribution >= 0.6 is 11.6 Å². The van der Waals surface area contributed by atoms with Gasteiger partial charge < -0.3 is 16.8 Å². The first kappa shape index (κ1) is 17.4. The molecule has 0 saturated heterocycles. The molecule has 0 aromatic heterocycles. The Balaban J connectivity index is 2.93. The highest BCUT2D eigenvalue weighted by Crippen LogP contribution is 2.20. The molecule has 1 unspecified atom stereocenters. The summed E-state index contributed by atoms with van der Waals surface area (Å²) < 4.78 is 0. The Morgan fingerprint density at radius 1 is 1.00 bits per heavy atom. The zero-order chi connectivity index (χ0) is 16.2. The summed E-state index contributed by atoms with van der Waals surface area (Å²) in [6.07, 6.45) is 0. The van der Waals surface area contributed by atoms with Gasteiger partial charge in [-0.25, -0.2) is 0 Å². The van der Waals surface area contributed by atoms with E-state index in [1.807, 2.05) is 38.1 Å². The summed E-state index contributed by atoms with van der Waals surface area (Å²) in [6.45, 7) is 10.2. The lowest BCUT2D eigenvalue weighted by atomic mass is 10.0. The van der Waals surface area contributed by atoms with E-state index in [1.165, 1.54) is 0 Å². The second kappa shape index (κ2) is 7.41. The smallest absolute Gasteiger partial charge is 0.0998 e. The average Bonchev–Trinajstić information content (AvgIpc) is 2.45. The number of hydrogen-bond donors (Lipinski definition) is 3. The minimum Gasteiger partial charge on any atom is -0.402 e. The second-order valence-electron chi connectivity index (χ2n) is 5.69. The third kappa shape index (κ3) is 4.71. The molecule has 1 aromatic carbocycles. The van der Waals surface area contributed by atoms with Gasteiger partial charge >= 0.3 is 0 Å². The summed E-state index contributed by atoms with van der Waals surface area (Å²) in [5.74, 6) is 0.958. The summed E-state index contributed by atoms with van der Waals surface area (Å²) >= 11 is 5.90. The molecule has 0 aliphatic carbocycles. The predicted molar refractivity (Wildman–Crippen MR) is 91.6 cm³/mol. The van der Waals surface area contributed by atoms with Crippen molar-refractivity contribution in [2.24, 2.45) is 17.4 Å². The number of benzene rings is 1. The first-order valence-corrected chi connectivity index (χ1v) is 7.56. The van der Waals surface area contributed by atoms with Crippen molar-refractivity contribution in [3.8, 4) is 0 Å². The Kier molecular flexibility index (Phi) is 6.16. The van der Waals surface area contributed by atoms with Crippen molar-refractivity contribution in [1.82, 2.24) is 5.32 Å². The van der Waals surface area contributed by atoms with Crippen LogP contribution in [0.3, 0.4) is 0 Å². The largest absolute Gasteiger partial charge is 0.402 e. The molecular weight excluding hydrogens is 282 g/mol. The van der Waals surface area contributed by atoms with Gasteiger partial charge in [-0.3, -0.25) is 0 Å². The van der Waals surface area contributed by atoms with Crippen molar-refractivity contribution in [3.63, 3.8) is 0 Å². The Bertz CT molecular complexity index is 542. The van der Waals surface area contributed by atoms with E-state index in [-0.39, 0.29) is 6.04 Å². The molecule has 0 spiro atoms. The maximum Gasteiger partial charge on any atom is 0.0998 e. The van der Waals surface area contributed by atoms with Crippen molar-refractivity contribution in [2.75, 3.05) is 0 Å². The van der Waals surface area contributed by atoms with Crippen LogP contribution in [-0.2, 0) is 0 Å². The zero-order valence-corrected chi connectivity index (χ0v) is 14.3. The first-order valence-electron chi connectivity index (χ1n) is 7.19. The summed E-state index contributed by atoms with van der Waals surface area (Å²) in [7, 11) is 0. The van der Waals surface area contributed by atoms with Gasteiger partial charge in [0.25, 0.3) is 0 Å². The maximum atomic E-state index is 6.18. The third-order valence-corrected chi connectivity index (χ3v) is 4.02. The lowest BCUT2D eigenvalue weighted by molar-refractivity contribution is 0.641. The molecule has 4 heteroatoms. The predicted octanol–water partition coefficient (Wildman–Crippen LogP) is 4.07. The molecule has 0 saturated carbocycles. The van der Waals surface area contributed by atoms with Crippen LogP contribution in [0.25, 0.3) is 0 Å². The van der Waals surface area contributed by atoms with Crippen molar-refractivity contribution in [1.29, 1.82) is 0 Å². The van der Waals surface area contributed by atoms with Crippen LogP contribution < -0.4 is 16.8 Å². The van der Waals surface area contributed by atoms with E-state index in [4.69, 9.17) is 23.1 Å². The summed E-state index contributed by atoms with van der Waals surface area (Å²) in [5, 5.41) is 4.05. The van der Waals surface area contributed by atoms with Gasteiger partial charge in [-0.05, 0) is 55.5 Å². The summed E-state index contributed by atoms with van der Waals surface area (Å²) in [4.78, 5) is 0. The number of nitrogens with one attached hydrogen (secondary N) is 1. The van der Waals surface area contributed by atoms with Gasteiger partial charge in [-0.1, -0.05) is 37.6 Å². The van der Waals surface area contributed by atoms with Crippen LogP contribution in [0, 0.1) is 5.92 Å². The molecule has 1 atom stereocenters. The van der Waals surface area contributed by atoms with Crippen molar-refractivity contribution >= 4 is 11.6 Å². The highest BCUT2D eigenvalue weighted by Gasteiger charge is 2.10. The second-order valence-corrected chi connectivity index (χ2v) is 6.13. The number of halogens is 1. The van der Waals surface area contributed by atoms with Crippen molar-refractivity contribution < 1.29 is 0 Å². The van der Waals surface area contributed by atoms with Gasteiger partial charge in [-0.2, -0.15) is 0 Å². The lowest BCUT2D eigenvalue weighted by Crippen LogP contribution is -2.25. The molecule has 1 aromatic rings. The fourth-order valence-corrected chi connectivity index (χ4v) is 2.15. The topological polar surface area (TPSA) is 64.1 Å². The number of nitrogens with two attached hydrogens (primary N) is 2. The van der Waals surface area contributed by atoms with E-state index in [9.17, 15) is 0 Å². The quantitative estimate of drug-likeness (QED) is 0.718. The van der Waals surface area contributed by atoms with Gasteiger partial charge in [-0.15, -0.1) is 0 Å². The normalized spacial score (nSPS) is 15.4. The molecule has 0 heterocycles. The third-order valence-electron chi connectivity index (χ3n) is 3.76. The SMILES string of the molecule is CC(=C(/N)C(C)C)/C(C)=C(\N)NC(C)c1ccc(Cl)cc1. The molecular formula is C17H26ClN3. The van der Waals surface area contributed by atoms with Crippen LogP contribution in [0.15, 0.2) is 46.9 Å². The fraction of sp³-hybridized carbons (Fsp3) is 0.412. The zero-order valence-electron chi connectivity index (χ0n) is 13.5. The van der Waals surface area contributed by atoms with Gasteiger partial charge in [0, 0.05) is 16.8 Å². The van der Waals surface area contributed by atoms with E-state index < -0.39 is 0 Å². The van der Waals surface area contributed by atoms with Crippen LogP contribution in [0.4, 0.5) is 0 Å². The van der Waals surface area contributed by atoms with Crippen molar-refractivity contribution in [3.05, 3.63) is 57.5 Å². The van der Waals surface area contributed by atoms with Crippen molar-refractivity contribution in [2.45, 2.75) is 40.7 Å². The molecule has 0 aliphatic heterocycles. The fourth-order valence-electron chi connectivity index (χ4n) is 2.03. The van der Waals surface area contributed by atoms with Crippen LogP contribution in [0.2, 0.25) is 5.02 Å². The molecule has 0 radical (unpaired) electrons. The van der Waals surface area contributed by atoms with E-state index in [0.29, 0.717) is 11.7 Å². The highest BCUT2D eigenvalue weighted by molar-refractivity contribution is 6.30. The van der Waals surface area contributed by atoms with Crippen LogP contribution in [0.5, 0.6) is 0 Å². The van der Waals surface area contributed by atoms with Crippen LogP contribution in [-0.4, -0.2) is 0 Å². The number of allylic oxidation sites excluding steroid dienone is 3. The highest BCUT2D eigenvalue weighted by atomic mass is 35.5. The summed E-state index contributed by atoms with van der Waals surface area (Å²) in [5.41, 5.74) is 16.3. The van der Waals surface area contributed by atoms with Crippen LogP contribution in [0.1, 0.15) is 46.2 Å². The monoisotopic (exact) mass is 307 g/mol. The Morgan fingerprint density at radius 3 is 2.00 bits per heavy atom.